The number of hydrogen-bond acceptors (Lipinski definition) is 6. The van der Waals surface area contributed by atoms with Crippen molar-refractivity contribution in [2.24, 2.45) is 5.73 Å². The van der Waals surface area contributed by atoms with Crippen molar-refractivity contribution in [1.29, 1.82) is 0 Å². The zero-order valence-electron chi connectivity index (χ0n) is 14.9. The van der Waals surface area contributed by atoms with Crippen LogP contribution in [0.25, 0.3) is 0 Å². The van der Waals surface area contributed by atoms with Crippen molar-refractivity contribution in [2.45, 2.75) is 11.4 Å². The Hall–Kier alpha value is -2.48. The predicted molar refractivity (Wildman–Crippen MR) is 109 cm³/mol. The fourth-order valence-electron chi connectivity index (χ4n) is 2.20. The van der Waals surface area contributed by atoms with Gasteiger partial charge < -0.3 is 15.2 Å². The number of Topliss-reactive ketones (excluding diaryl/α,β-unsaturated/α-hetero) is 1. The van der Waals surface area contributed by atoms with Gasteiger partial charge in [0.15, 0.2) is 4.45 Å². The third-order valence-electron chi connectivity index (χ3n) is 3.69. The molecule has 0 amide bonds. The van der Waals surface area contributed by atoms with Crippen molar-refractivity contribution >= 4 is 45.3 Å². The van der Waals surface area contributed by atoms with Gasteiger partial charge in [-0.25, -0.2) is 9.59 Å². The van der Waals surface area contributed by atoms with E-state index in [1.54, 1.807) is 37.3 Å². The van der Waals surface area contributed by atoms with Crippen LogP contribution >= 0.6 is 27.5 Å². The lowest BCUT2D eigenvalue weighted by atomic mass is 9.98. The lowest BCUT2D eigenvalue weighted by molar-refractivity contribution is -0.138. The zero-order chi connectivity index (χ0) is 20.9. The van der Waals surface area contributed by atoms with E-state index in [4.69, 9.17) is 26.8 Å². The van der Waals surface area contributed by atoms with Gasteiger partial charge in [0.25, 0.3) is 0 Å². The highest BCUT2D eigenvalue weighted by Crippen LogP contribution is 2.32. The Balaban J connectivity index is 2.38. The first-order valence-electron chi connectivity index (χ1n) is 8.14. The number of ether oxygens (including phenoxy) is 2. The SMILES string of the molecule is C=C(C(=O)OCC)C(N)(Br)C(=O)c1cc(Cl)ccc1OC(=O)c1ccccc1. The van der Waals surface area contributed by atoms with Gasteiger partial charge in [-0.2, -0.15) is 0 Å². The van der Waals surface area contributed by atoms with Gasteiger partial charge in [0.2, 0.25) is 5.78 Å². The number of alkyl halides is 1. The normalized spacial score (nSPS) is 12.6. The van der Waals surface area contributed by atoms with Gasteiger partial charge >= 0.3 is 11.9 Å². The fourth-order valence-corrected chi connectivity index (χ4v) is 2.75. The van der Waals surface area contributed by atoms with Crippen LogP contribution in [0.3, 0.4) is 0 Å². The summed E-state index contributed by atoms with van der Waals surface area (Å²) in [5, 5.41) is 0.216. The number of benzene rings is 2. The van der Waals surface area contributed by atoms with Gasteiger partial charge in [0, 0.05) is 5.02 Å². The maximum absolute atomic E-state index is 13.0. The summed E-state index contributed by atoms with van der Waals surface area (Å²) in [6, 6.07) is 12.4. The standard InChI is InChI=1S/C20H17BrClNO5/c1-3-27-18(25)12(2)20(21,23)17(24)15-11-14(22)9-10-16(15)28-19(26)13-7-5-4-6-8-13/h4-11H,2-3,23H2,1H3. The number of ketones is 1. The topological polar surface area (TPSA) is 95.7 Å². The van der Waals surface area contributed by atoms with Gasteiger partial charge in [0.05, 0.1) is 23.3 Å². The van der Waals surface area contributed by atoms with Crippen LogP contribution in [-0.4, -0.2) is 28.8 Å². The Bertz CT molecular complexity index is 927. The molecular weight excluding hydrogens is 450 g/mol. The molecule has 0 fully saturated rings. The molecule has 0 aromatic heterocycles. The highest BCUT2D eigenvalue weighted by atomic mass is 79.9. The summed E-state index contributed by atoms with van der Waals surface area (Å²) in [6.45, 7) is 5.24. The number of carbonyl (C=O) groups excluding carboxylic acids is 3. The Morgan fingerprint density at radius 2 is 1.82 bits per heavy atom. The first kappa shape index (κ1) is 21.8. The second kappa shape index (κ2) is 9.14. The molecule has 0 radical (unpaired) electrons. The zero-order valence-corrected chi connectivity index (χ0v) is 17.2. The quantitative estimate of drug-likeness (QED) is 0.166. The first-order chi connectivity index (χ1) is 13.2. The summed E-state index contributed by atoms with van der Waals surface area (Å²) in [5.74, 6) is -2.34. The van der Waals surface area contributed by atoms with Crippen molar-refractivity contribution in [3.8, 4) is 5.75 Å². The smallest absolute Gasteiger partial charge is 0.343 e. The average molecular weight is 467 g/mol. The van der Waals surface area contributed by atoms with Crippen LogP contribution < -0.4 is 10.5 Å². The van der Waals surface area contributed by atoms with E-state index in [9.17, 15) is 14.4 Å². The minimum Gasteiger partial charge on any atom is -0.463 e. The van der Waals surface area contributed by atoms with Gasteiger partial charge in [-0.15, -0.1) is 0 Å². The average Bonchev–Trinajstić information content (AvgIpc) is 2.68. The van der Waals surface area contributed by atoms with Crippen LogP contribution in [-0.2, 0) is 9.53 Å². The third kappa shape index (κ3) is 4.86. The van der Waals surface area contributed by atoms with Crippen molar-refractivity contribution < 1.29 is 23.9 Å². The molecule has 0 spiro atoms. The Morgan fingerprint density at radius 1 is 1.18 bits per heavy atom. The molecule has 8 heteroatoms. The molecule has 2 aromatic rings. The molecule has 6 nitrogen and oxygen atoms in total. The molecule has 0 heterocycles. The summed E-state index contributed by atoms with van der Waals surface area (Å²) < 4.78 is 8.22. The molecule has 0 aliphatic carbocycles. The van der Waals surface area contributed by atoms with Crippen LogP contribution in [0.2, 0.25) is 5.02 Å². The van der Waals surface area contributed by atoms with E-state index in [-0.39, 0.29) is 28.5 Å². The van der Waals surface area contributed by atoms with Gasteiger partial charge in [0.1, 0.15) is 5.75 Å². The van der Waals surface area contributed by atoms with Crippen LogP contribution in [0.4, 0.5) is 0 Å². The number of hydrogen-bond donors (Lipinski definition) is 1. The van der Waals surface area contributed by atoms with Gasteiger partial charge in [-0.05, 0) is 37.3 Å². The summed E-state index contributed by atoms with van der Waals surface area (Å²) in [5.41, 5.74) is 5.91. The molecule has 146 valence electrons. The molecule has 0 aliphatic rings. The lowest BCUT2D eigenvalue weighted by Crippen LogP contribution is -2.46. The molecule has 2 N–H and O–H groups in total. The molecule has 0 bridgehead atoms. The molecule has 28 heavy (non-hydrogen) atoms. The summed E-state index contributed by atoms with van der Waals surface area (Å²) in [4.78, 5) is 37.3. The van der Waals surface area contributed by atoms with E-state index in [1.807, 2.05) is 0 Å². The van der Waals surface area contributed by atoms with Crippen molar-refractivity contribution in [1.82, 2.24) is 0 Å². The van der Waals surface area contributed by atoms with Crippen LogP contribution in [0.1, 0.15) is 27.6 Å². The first-order valence-corrected chi connectivity index (χ1v) is 9.31. The van der Waals surface area contributed by atoms with Crippen LogP contribution in [0.5, 0.6) is 5.75 Å². The maximum atomic E-state index is 13.0. The highest BCUT2D eigenvalue weighted by molar-refractivity contribution is 9.10. The van der Waals surface area contributed by atoms with Crippen molar-refractivity contribution in [3.05, 3.63) is 76.8 Å². The van der Waals surface area contributed by atoms with Crippen LogP contribution in [0, 0.1) is 0 Å². The number of rotatable bonds is 7. The minimum atomic E-state index is -1.97. The second-order valence-corrected chi connectivity index (χ2v) is 7.32. The summed E-state index contributed by atoms with van der Waals surface area (Å²) >= 11 is 9.03. The molecule has 2 rings (SSSR count). The molecular formula is C20H17BrClNO5. The van der Waals surface area contributed by atoms with E-state index in [0.717, 1.165) is 0 Å². The largest absolute Gasteiger partial charge is 0.463 e. The molecule has 1 unspecified atom stereocenters. The van der Waals surface area contributed by atoms with Gasteiger partial charge in [-0.1, -0.05) is 52.3 Å². The minimum absolute atomic E-state index is 0.0609. The Kier molecular flexibility index (Phi) is 7.12. The molecule has 2 aromatic carbocycles. The number of carbonyl (C=O) groups is 3. The van der Waals surface area contributed by atoms with E-state index >= 15 is 0 Å². The highest BCUT2D eigenvalue weighted by Gasteiger charge is 2.40. The Morgan fingerprint density at radius 3 is 2.43 bits per heavy atom. The Labute approximate surface area is 175 Å². The van der Waals surface area contributed by atoms with E-state index < -0.39 is 22.2 Å². The molecule has 0 saturated carbocycles. The van der Waals surface area contributed by atoms with Crippen molar-refractivity contribution in [3.63, 3.8) is 0 Å². The van der Waals surface area contributed by atoms with E-state index in [0.29, 0.717) is 5.56 Å². The molecule has 0 saturated heterocycles. The summed E-state index contributed by atoms with van der Waals surface area (Å²) in [7, 11) is 0. The molecule has 0 aliphatic heterocycles. The predicted octanol–water partition coefficient (Wildman–Crippen LogP) is 3.91. The maximum Gasteiger partial charge on any atom is 0.343 e. The van der Waals surface area contributed by atoms with E-state index in [2.05, 4.69) is 22.5 Å². The van der Waals surface area contributed by atoms with E-state index in [1.165, 1.54) is 18.2 Å². The third-order valence-corrected chi connectivity index (χ3v) is 4.76. The number of esters is 2. The lowest BCUT2D eigenvalue weighted by Gasteiger charge is -2.23. The number of halogens is 2. The molecule has 1 atom stereocenters. The second-order valence-electron chi connectivity index (χ2n) is 5.64. The van der Waals surface area contributed by atoms with Crippen molar-refractivity contribution in [2.75, 3.05) is 6.61 Å². The fraction of sp³-hybridized carbons (Fsp3) is 0.150. The number of nitrogens with two attached hydrogens (primary N) is 1. The summed E-state index contributed by atoms with van der Waals surface area (Å²) in [6.07, 6.45) is 0. The van der Waals surface area contributed by atoms with Gasteiger partial charge in [-0.3, -0.25) is 4.79 Å². The van der Waals surface area contributed by atoms with Crippen LogP contribution in [0.15, 0.2) is 60.7 Å². The monoisotopic (exact) mass is 465 g/mol.